The van der Waals surface area contributed by atoms with Crippen LogP contribution in [0.5, 0.6) is 0 Å². The molecule has 4 N–H and O–H groups in total. The molecule has 1 aliphatic heterocycles. The Balaban J connectivity index is 1.68. The number of imidazole rings is 1. The van der Waals surface area contributed by atoms with E-state index in [1.165, 1.54) is 11.3 Å². The quantitative estimate of drug-likeness (QED) is 0.614. The Kier molecular flexibility index (Phi) is 4.82. The number of amides is 1. The van der Waals surface area contributed by atoms with Gasteiger partial charge in [0.25, 0.3) is 5.91 Å². The van der Waals surface area contributed by atoms with Gasteiger partial charge in [-0.2, -0.15) is 10.1 Å². The molecule has 4 rings (SSSR count). The van der Waals surface area contributed by atoms with Crippen molar-refractivity contribution in [3.05, 3.63) is 35.5 Å². The van der Waals surface area contributed by atoms with Crippen LogP contribution < -0.4 is 16.0 Å². The Hall–Kier alpha value is -2.49. The van der Waals surface area contributed by atoms with E-state index in [0.717, 1.165) is 47.3 Å². The van der Waals surface area contributed by atoms with Crippen molar-refractivity contribution in [1.82, 2.24) is 19.9 Å². The van der Waals surface area contributed by atoms with Crippen LogP contribution in [-0.4, -0.2) is 51.3 Å². The SMILES string of the molecule is CNC(=O)c1cccc(-c2nn3c(CO)c(N4CCC(C)(N)CC4)nc3s2)c1. The molecule has 1 aromatic carbocycles. The van der Waals surface area contributed by atoms with Gasteiger partial charge in [-0.05, 0) is 31.9 Å². The van der Waals surface area contributed by atoms with Crippen molar-refractivity contribution < 1.29 is 9.90 Å². The Labute approximate surface area is 167 Å². The number of aliphatic hydroxyl groups excluding tert-OH is 1. The number of anilines is 1. The normalized spacial score (nSPS) is 16.5. The predicted octanol–water partition coefficient (Wildman–Crippen LogP) is 1.63. The molecule has 8 nitrogen and oxygen atoms in total. The maximum absolute atomic E-state index is 11.9. The van der Waals surface area contributed by atoms with Gasteiger partial charge in [0.1, 0.15) is 10.7 Å². The van der Waals surface area contributed by atoms with Crippen LogP contribution in [0, 0.1) is 0 Å². The van der Waals surface area contributed by atoms with E-state index < -0.39 is 0 Å². The van der Waals surface area contributed by atoms with Crippen LogP contribution in [0.2, 0.25) is 0 Å². The van der Waals surface area contributed by atoms with E-state index in [4.69, 9.17) is 10.7 Å². The number of carbonyl (C=O) groups excluding carboxylic acids is 1. The van der Waals surface area contributed by atoms with Gasteiger partial charge in [-0.3, -0.25) is 4.79 Å². The number of aromatic nitrogens is 3. The molecule has 1 aliphatic rings. The lowest BCUT2D eigenvalue weighted by Crippen LogP contribution is -2.48. The fraction of sp³-hybridized carbons (Fsp3) is 0.421. The Morgan fingerprint density at radius 3 is 2.82 bits per heavy atom. The van der Waals surface area contributed by atoms with Crippen molar-refractivity contribution in [3.8, 4) is 10.6 Å². The predicted molar refractivity (Wildman–Crippen MR) is 110 cm³/mol. The van der Waals surface area contributed by atoms with Crippen molar-refractivity contribution >= 4 is 28.0 Å². The Morgan fingerprint density at radius 1 is 1.39 bits per heavy atom. The van der Waals surface area contributed by atoms with Crippen LogP contribution in [0.4, 0.5) is 5.82 Å². The standard InChI is InChI=1S/C19H24N6O2S/c1-19(20)6-8-24(9-7-19)15-14(11-26)25-18(22-15)28-17(23-25)13-5-3-4-12(10-13)16(27)21-2/h3-5,10,26H,6-9,11,20H2,1-2H3,(H,21,27). The highest BCUT2D eigenvalue weighted by atomic mass is 32.1. The molecule has 1 fully saturated rings. The molecule has 0 atom stereocenters. The van der Waals surface area contributed by atoms with Crippen molar-refractivity contribution in [2.75, 3.05) is 25.0 Å². The molecule has 0 saturated carbocycles. The van der Waals surface area contributed by atoms with E-state index in [1.54, 1.807) is 17.6 Å². The minimum absolute atomic E-state index is 0.140. The molecular formula is C19H24N6O2S. The number of benzene rings is 1. The molecule has 28 heavy (non-hydrogen) atoms. The van der Waals surface area contributed by atoms with Crippen molar-refractivity contribution in [2.24, 2.45) is 5.73 Å². The second kappa shape index (κ2) is 7.16. The summed E-state index contributed by atoms with van der Waals surface area (Å²) in [5.41, 5.74) is 8.19. The molecule has 1 saturated heterocycles. The molecule has 9 heteroatoms. The molecule has 2 aromatic heterocycles. The largest absolute Gasteiger partial charge is 0.390 e. The van der Waals surface area contributed by atoms with Crippen LogP contribution in [0.1, 0.15) is 35.8 Å². The number of aliphatic hydroxyl groups is 1. The van der Waals surface area contributed by atoms with Gasteiger partial charge >= 0.3 is 0 Å². The first-order valence-electron chi connectivity index (χ1n) is 9.27. The highest BCUT2D eigenvalue weighted by Crippen LogP contribution is 2.32. The summed E-state index contributed by atoms with van der Waals surface area (Å²) in [6.45, 7) is 3.55. The number of rotatable bonds is 4. The van der Waals surface area contributed by atoms with Gasteiger partial charge in [-0.25, -0.2) is 4.52 Å². The smallest absolute Gasteiger partial charge is 0.251 e. The van der Waals surface area contributed by atoms with Crippen LogP contribution >= 0.6 is 11.3 Å². The highest BCUT2D eigenvalue weighted by Gasteiger charge is 2.29. The highest BCUT2D eigenvalue weighted by molar-refractivity contribution is 7.19. The minimum atomic E-state index is -0.145. The minimum Gasteiger partial charge on any atom is -0.390 e. The van der Waals surface area contributed by atoms with Gasteiger partial charge in [-0.1, -0.05) is 23.5 Å². The van der Waals surface area contributed by atoms with Crippen molar-refractivity contribution in [2.45, 2.75) is 31.9 Å². The lowest BCUT2D eigenvalue weighted by molar-refractivity contribution is 0.0963. The average molecular weight is 401 g/mol. The molecule has 0 bridgehead atoms. The number of carbonyl (C=O) groups is 1. The third kappa shape index (κ3) is 3.36. The second-order valence-electron chi connectivity index (χ2n) is 7.44. The Bertz CT molecular complexity index is 1010. The third-order valence-corrected chi connectivity index (χ3v) is 6.19. The van der Waals surface area contributed by atoms with Gasteiger partial charge in [0, 0.05) is 36.8 Å². The maximum Gasteiger partial charge on any atom is 0.251 e. The summed E-state index contributed by atoms with van der Waals surface area (Å²) in [6.07, 6.45) is 1.77. The number of hydrogen-bond acceptors (Lipinski definition) is 7. The third-order valence-electron chi connectivity index (χ3n) is 5.23. The number of nitrogens with zero attached hydrogens (tertiary/aromatic N) is 4. The van der Waals surface area contributed by atoms with Crippen LogP contribution in [0.15, 0.2) is 24.3 Å². The van der Waals surface area contributed by atoms with Crippen LogP contribution in [-0.2, 0) is 6.61 Å². The summed E-state index contributed by atoms with van der Waals surface area (Å²) in [7, 11) is 1.61. The summed E-state index contributed by atoms with van der Waals surface area (Å²) in [5.74, 6) is 0.640. The fourth-order valence-corrected chi connectivity index (χ4v) is 4.36. The molecular weight excluding hydrogens is 376 g/mol. The van der Waals surface area contributed by atoms with Gasteiger partial charge in [0.2, 0.25) is 4.96 Å². The molecule has 0 radical (unpaired) electrons. The molecule has 0 spiro atoms. The number of hydrogen-bond donors (Lipinski definition) is 3. The summed E-state index contributed by atoms with van der Waals surface area (Å²) in [4.78, 5) is 19.5. The summed E-state index contributed by atoms with van der Waals surface area (Å²) in [6, 6.07) is 7.32. The molecule has 3 aromatic rings. The van der Waals surface area contributed by atoms with E-state index in [9.17, 15) is 9.90 Å². The lowest BCUT2D eigenvalue weighted by Gasteiger charge is -2.37. The first kappa shape index (κ1) is 18.9. The van der Waals surface area contributed by atoms with Crippen molar-refractivity contribution in [3.63, 3.8) is 0 Å². The fourth-order valence-electron chi connectivity index (χ4n) is 3.45. The monoisotopic (exact) mass is 400 g/mol. The molecule has 3 heterocycles. The number of nitrogens with one attached hydrogen (secondary N) is 1. The van der Waals surface area contributed by atoms with Gasteiger partial charge in [0.15, 0.2) is 5.82 Å². The van der Waals surface area contributed by atoms with E-state index in [0.29, 0.717) is 11.3 Å². The van der Waals surface area contributed by atoms with Gasteiger partial charge in [-0.15, -0.1) is 0 Å². The van der Waals surface area contributed by atoms with E-state index >= 15 is 0 Å². The van der Waals surface area contributed by atoms with E-state index in [-0.39, 0.29) is 18.1 Å². The van der Waals surface area contributed by atoms with E-state index in [2.05, 4.69) is 22.2 Å². The molecule has 0 aliphatic carbocycles. The maximum atomic E-state index is 11.9. The lowest BCUT2D eigenvalue weighted by atomic mass is 9.91. The molecule has 0 unspecified atom stereocenters. The van der Waals surface area contributed by atoms with Gasteiger partial charge in [0.05, 0.1) is 6.61 Å². The zero-order valence-corrected chi connectivity index (χ0v) is 16.8. The topological polar surface area (TPSA) is 109 Å². The van der Waals surface area contributed by atoms with Crippen LogP contribution in [0.25, 0.3) is 15.5 Å². The first-order valence-corrected chi connectivity index (χ1v) is 10.1. The van der Waals surface area contributed by atoms with Crippen LogP contribution in [0.3, 0.4) is 0 Å². The first-order chi connectivity index (χ1) is 13.4. The molecule has 148 valence electrons. The Morgan fingerprint density at radius 2 is 2.14 bits per heavy atom. The zero-order valence-electron chi connectivity index (χ0n) is 16.0. The number of nitrogens with two attached hydrogens (primary N) is 1. The summed E-state index contributed by atoms with van der Waals surface area (Å²) < 4.78 is 1.71. The second-order valence-corrected chi connectivity index (χ2v) is 8.40. The molecule has 1 amide bonds. The average Bonchev–Trinajstić information content (AvgIpc) is 3.25. The van der Waals surface area contributed by atoms with Gasteiger partial charge < -0.3 is 21.1 Å². The van der Waals surface area contributed by atoms with E-state index in [1.807, 2.05) is 18.2 Å². The zero-order chi connectivity index (χ0) is 19.9. The van der Waals surface area contributed by atoms with Crippen molar-refractivity contribution in [1.29, 1.82) is 0 Å². The number of piperidine rings is 1. The summed E-state index contributed by atoms with van der Waals surface area (Å²) >= 11 is 1.44. The number of fused-ring (bicyclic) bond motifs is 1. The summed E-state index contributed by atoms with van der Waals surface area (Å²) in [5, 5.41) is 18.0.